The molecule has 0 aliphatic rings. The normalized spacial score (nSPS) is 11.0. The van der Waals surface area contributed by atoms with Crippen LogP contribution in [-0.2, 0) is 17.8 Å². The zero-order valence-electron chi connectivity index (χ0n) is 22.9. The molecule has 5 rings (SSSR count). The van der Waals surface area contributed by atoms with Crippen molar-refractivity contribution < 1.29 is 4.79 Å². The van der Waals surface area contributed by atoms with Crippen LogP contribution in [0.2, 0.25) is 0 Å². The van der Waals surface area contributed by atoms with Gasteiger partial charge in [-0.2, -0.15) is 4.98 Å². The Morgan fingerprint density at radius 3 is 2.33 bits per heavy atom. The Hall–Kier alpha value is -4.92. The number of aromatic nitrogens is 6. The molecule has 0 spiro atoms. The van der Waals surface area contributed by atoms with Crippen LogP contribution in [0.3, 0.4) is 0 Å². The van der Waals surface area contributed by atoms with E-state index in [1.54, 1.807) is 6.07 Å². The predicted octanol–water partition coefficient (Wildman–Crippen LogP) is 5.48. The highest BCUT2D eigenvalue weighted by Gasteiger charge is 2.19. The average molecular weight is 533 g/mol. The summed E-state index contributed by atoms with van der Waals surface area (Å²) in [4.78, 5) is 25.1. The molecule has 3 aromatic carbocycles. The third-order valence-corrected chi connectivity index (χ3v) is 6.36. The van der Waals surface area contributed by atoms with Crippen molar-refractivity contribution in [3.05, 3.63) is 102 Å². The Balaban J connectivity index is 1.55. The molecular weight excluding hydrogens is 500 g/mol. The fraction of sp³-hybridized carbons (Fsp3) is 0.226. The maximum absolute atomic E-state index is 13.1. The minimum Gasteiger partial charge on any atom is -0.336 e. The number of benzene rings is 3. The summed E-state index contributed by atoms with van der Waals surface area (Å²) in [5, 5.41) is 17.5. The van der Waals surface area contributed by atoms with Crippen molar-refractivity contribution in [3.8, 4) is 22.6 Å². The molecule has 202 valence electrons. The number of carbonyl (C=O) groups excluding carboxylic acids is 1. The van der Waals surface area contributed by atoms with E-state index in [0.717, 1.165) is 34.4 Å². The molecule has 0 aliphatic heterocycles. The molecule has 0 bridgehead atoms. The van der Waals surface area contributed by atoms with Gasteiger partial charge in [0.05, 0.1) is 12.1 Å². The first-order chi connectivity index (χ1) is 19.4. The van der Waals surface area contributed by atoms with Crippen molar-refractivity contribution in [1.29, 1.82) is 0 Å². The third-order valence-electron chi connectivity index (χ3n) is 6.36. The summed E-state index contributed by atoms with van der Waals surface area (Å²) in [7, 11) is 0. The minimum atomic E-state index is -0.148. The lowest BCUT2D eigenvalue weighted by Crippen LogP contribution is -2.29. The van der Waals surface area contributed by atoms with Gasteiger partial charge in [0.25, 0.3) is 0 Å². The van der Waals surface area contributed by atoms with Gasteiger partial charge in [-0.15, -0.1) is 5.10 Å². The summed E-state index contributed by atoms with van der Waals surface area (Å²) in [6.45, 7) is 7.73. The summed E-state index contributed by atoms with van der Waals surface area (Å²) < 4.78 is 0. The molecule has 0 unspecified atom stereocenters. The number of nitrogens with one attached hydrogen (secondary N) is 2. The van der Waals surface area contributed by atoms with Crippen molar-refractivity contribution in [3.63, 3.8) is 0 Å². The molecule has 0 saturated carbocycles. The number of aryl methyl sites for hydroxylation is 1. The van der Waals surface area contributed by atoms with Crippen molar-refractivity contribution in [1.82, 2.24) is 30.6 Å². The van der Waals surface area contributed by atoms with Crippen molar-refractivity contribution in [2.24, 2.45) is 5.92 Å². The van der Waals surface area contributed by atoms with Gasteiger partial charge in [0.15, 0.2) is 5.82 Å². The van der Waals surface area contributed by atoms with Crippen LogP contribution < -0.4 is 10.2 Å². The van der Waals surface area contributed by atoms with Crippen LogP contribution in [0.5, 0.6) is 0 Å². The standard InChI is InChI=1S/C31H32N8O/c1-21(2)19-39(20-24-9-5-4-6-10-24)31-32-27(25-11-7-8-12-26(25)30-35-37-38-36-30)18-28(34-31)33-29(40)17-23-15-13-22(3)14-16-23/h4-16,18,21H,17,19-20H2,1-3H3,(H,32,33,34,40)(H,35,36,37,38). The Morgan fingerprint density at radius 1 is 0.900 bits per heavy atom. The SMILES string of the molecule is Cc1ccc(CC(=O)Nc2cc(-c3ccccc3-c3nnn[nH]3)nc(N(Cc3ccccc3)CC(C)C)n2)cc1. The van der Waals surface area contributed by atoms with Gasteiger partial charge < -0.3 is 10.2 Å². The van der Waals surface area contributed by atoms with E-state index in [1.807, 2.05) is 73.7 Å². The largest absolute Gasteiger partial charge is 0.336 e. The molecule has 1 amide bonds. The topological polar surface area (TPSA) is 113 Å². The summed E-state index contributed by atoms with van der Waals surface area (Å²) in [5.41, 5.74) is 5.51. The summed E-state index contributed by atoms with van der Waals surface area (Å²) in [6.07, 6.45) is 0.245. The maximum atomic E-state index is 13.1. The fourth-order valence-electron chi connectivity index (χ4n) is 4.50. The van der Waals surface area contributed by atoms with Gasteiger partial charge in [0.2, 0.25) is 11.9 Å². The molecule has 0 fully saturated rings. The highest BCUT2D eigenvalue weighted by atomic mass is 16.1. The van der Waals surface area contributed by atoms with E-state index >= 15 is 0 Å². The Morgan fingerprint density at radius 2 is 1.62 bits per heavy atom. The van der Waals surface area contributed by atoms with Crippen LogP contribution in [0.1, 0.15) is 30.5 Å². The quantitative estimate of drug-likeness (QED) is 0.245. The van der Waals surface area contributed by atoms with E-state index in [0.29, 0.717) is 35.7 Å². The number of rotatable bonds is 10. The van der Waals surface area contributed by atoms with E-state index in [2.05, 4.69) is 56.8 Å². The first kappa shape index (κ1) is 26.7. The average Bonchev–Trinajstić information content (AvgIpc) is 3.49. The van der Waals surface area contributed by atoms with E-state index < -0.39 is 0 Å². The second kappa shape index (κ2) is 12.3. The number of hydrogen-bond donors (Lipinski definition) is 2. The minimum absolute atomic E-state index is 0.148. The van der Waals surface area contributed by atoms with Gasteiger partial charge in [-0.05, 0) is 34.4 Å². The molecule has 0 aliphatic carbocycles. The third kappa shape index (κ3) is 6.74. The molecule has 0 atom stereocenters. The summed E-state index contributed by atoms with van der Waals surface area (Å²) >= 11 is 0. The van der Waals surface area contributed by atoms with Crippen LogP contribution in [0, 0.1) is 12.8 Å². The second-order valence-electron chi connectivity index (χ2n) is 10.2. The molecule has 5 aromatic rings. The maximum Gasteiger partial charge on any atom is 0.229 e. The first-order valence-electron chi connectivity index (χ1n) is 13.3. The molecule has 0 radical (unpaired) electrons. The molecule has 9 nitrogen and oxygen atoms in total. The Bertz CT molecular complexity index is 1550. The molecule has 9 heteroatoms. The number of nitrogens with zero attached hydrogens (tertiary/aromatic N) is 6. The highest BCUT2D eigenvalue weighted by Crippen LogP contribution is 2.31. The molecule has 2 heterocycles. The smallest absolute Gasteiger partial charge is 0.229 e. The zero-order valence-corrected chi connectivity index (χ0v) is 22.9. The zero-order chi connectivity index (χ0) is 27.9. The summed E-state index contributed by atoms with van der Waals surface area (Å²) in [5.74, 6) is 1.72. The second-order valence-corrected chi connectivity index (χ2v) is 10.2. The monoisotopic (exact) mass is 532 g/mol. The molecule has 2 N–H and O–H groups in total. The molecule has 2 aromatic heterocycles. The summed E-state index contributed by atoms with van der Waals surface area (Å²) in [6, 6.07) is 27.8. The van der Waals surface area contributed by atoms with Gasteiger partial charge in [-0.3, -0.25) is 4.79 Å². The van der Waals surface area contributed by atoms with Crippen molar-refractivity contribution in [2.75, 3.05) is 16.8 Å². The van der Waals surface area contributed by atoms with E-state index in [9.17, 15) is 4.79 Å². The van der Waals surface area contributed by atoms with Gasteiger partial charge in [0, 0.05) is 30.3 Å². The van der Waals surface area contributed by atoms with Crippen molar-refractivity contribution in [2.45, 2.75) is 33.7 Å². The van der Waals surface area contributed by atoms with Crippen LogP contribution in [0.4, 0.5) is 11.8 Å². The van der Waals surface area contributed by atoms with E-state index in [-0.39, 0.29) is 12.3 Å². The Labute approximate surface area is 233 Å². The first-order valence-corrected chi connectivity index (χ1v) is 13.3. The van der Waals surface area contributed by atoms with E-state index in [1.165, 1.54) is 0 Å². The molecule has 40 heavy (non-hydrogen) atoms. The number of carbonyl (C=O) groups is 1. The number of anilines is 2. The van der Waals surface area contributed by atoms with Gasteiger partial charge in [0.1, 0.15) is 5.82 Å². The van der Waals surface area contributed by atoms with Crippen LogP contribution >= 0.6 is 0 Å². The van der Waals surface area contributed by atoms with Crippen LogP contribution in [0.15, 0.2) is 84.9 Å². The lowest BCUT2D eigenvalue weighted by molar-refractivity contribution is -0.115. The van der Waals surface area contributed by atoms with Gasteiger partial charge >= 0.3 is 0 Å². The molecular formula is C31H32N8O. The predicted molar refractivity (Wildman–Crippen MR) is 156 cm³/mol. The Kier molecular flexibility index (Phi) is 8.20. The molecule has 0 saturated heterocycles. The number of H-pyrrole nitrogens is 1. The number of aromatic amines is 1. The number of amides is 1. The van der Waals surface area contributed by atoms with E-state index in [4.69, 9.17) is 9.97 Å². The lowest BCUT2D eigenvalue weighted by Gasteiger charge is -2.26. The van der Waals surface area contributed by atoms with Crippen LogP contribution in [-0.4, -0.2) is 43.0 Å². The number of hydrogen-bond acceptors (Lipinski definition) is 7. The number of tetrazole rings is 1. The fourth-order valence-corrected chi connectivity index (χ4v) is 4.50. The van der Waals surface area contributed by atoms with Gasteiger partial charge in [-0.1, -0.05) is 98.3 Å². The van der Waals surface area contributed by atoms with Crippen molar-refractivity contribution >= 4 is 17.7 Å². The van der Waals surface area contributed by atoms with Gasteiger partial charge in [-0.25, -0.2) is 10.1 Å². The lowest BCUT2D eigenvalue weighted by atomic mass is 10.0. The van der Waals surface area contributed by atoms with Crippen LogP contribution in [0.25, 0.3) is 22.6 Å². The highest BCUT2D eigenvalue weighted by molar-refractivity contribution is 5.92.